The molecule has 5 amide bonds. The van der Waals surface area contributed by atoms with Gasteiger partial charge in [-0.25, -0.2) is 4.79 Å². The highest BCUT2D eigenvalue weighted by Gasteiger charge is 2.36. The zero-order valence-electron chi connectivity index (χ0n) is 26.0. The fourth-order valence-corrected chi connectivity index (χ4v) is 6.42. The number of morpholine rings is 1. The molecule has 1 aromatic heterocycles. The molecule has 0 radical (unpaired) electrons. The molecule has 0 bridgehead atoms. The maximum absolute atomic E-state index is 13.5. The van der Waals surface area contributed by atoms with Crippen molar-refractivity contribution in [3.8, 4) is 0 Å². The second-order valence-electron chi connectivity index (χ2n) is 11.2. The average Bonchev–Trinajstić information content (AvgIpc) is 3.68. The molecule has 48 heavy (non-hydrogen) atoms. The maximum Gasteiger partial charge on any atom is 0.414 e. The SMILES string of the molecule is Cl.NC(=O)[C@H](Cc1ccccc1)NCCCCC(=O)N(C[C@H]1CN(c2ccc(N3CCOCC3=O)cc2)C(=O)O1)C(=O)c1ccc(Cl)s1. The molecule has 0 spiro atoms. The number of amides is 5. The number of nitrogens with two attached hydrogens (primary N) is 1. The molecule has 15 heteroatoms. The number of carbonyl (C=O) groups is 5. The first-order valence-corrected chi connectivity index (χ1v) is 16.5. The molecular weight excluding hydrogens is 681 g/mol. The van der Waals surface area contributed by atoms with Gasteiger partial charge in [-0.2, -0.15) is 0 Å². The van der Waals surface area contributed by atoms with Gasteiger partial charge < -0.3 is 25.4 Å². The van der Waals surface area contributed by atoms with E-state index in [9.17, 15) is 24.0 Å². The lowest BCUT2D eigenvalue weighted by atomic mass is 10.1. The molecule has 0 saturated carbocycles. The lowest BCUT2D eigenvalue weighted by Crippen LogP contribution is -2.43. The molecule has 2 aliphatic heterocycles. The zero-order chi connectivity index (χ0) is 33.3. The van der Waals surface area contributed by atoms with Gasteiger partial charge in [0.15, 0.2) is 0 Å². The largest absolute Gasteiger partial charge is 0.442 e. The van der Waals surface area contributed by atoms with Crippen LogP contribution in [0.2, 0.25) is 4.34 Å². The van der Waals surface area contributed by atoms with Crippen LogP contribution in [0.1, 0.15) is 34.5 Å². The third-order valence-electron chi connectivity index (χ3n) is 7.88. The van der Waals surface area contributed by atoms with Crippen molar-refractivity contribution in [1.29, 1.82) is 0 Å². The Labute approximate surface area is 293 Å². The maximum atomic E-state index is 13.5. The molecule has 2 aromatic carbocycles. The highest BCUT2D eigenvalue weighted by atomic mass is 35.5. The Balaban J connectivity index is 0.00000520. The van der Waals surface area contributed by atoms with Gasteiger partial charge >= 0.3 is 6.09 Å². The van der Waals surface area contributed by atoms with E-state index in [0.717, 1.165) is 21.8 Å². The molecule has 2 saturated heterocycles. The molecule has 3 heterocycles. The van der Waals surface area contributed by atoms with E-state index in [1.54, 1.807) is 41.3 Å². The number of nitrogens with one attached hydrogen (secondary N) is 1. The second-order valence-corrected chi connectivity index (χ2v) is 12.9. The number of anilines is 2. The Bertz CT molecular complexity index is 1590. The monoisotopic (exact) mass is 717 g/mol. The van der Waals surface area contributed by atoms with E-state index in [-0.39, 0.29) is 44.4 Å². The van der Waals surface area contributed by atoms with Crippen LogP contribution < -0.4 is 20.9 Å². The summed E-state index contributed by atoms with van der Waals surface area (Å²) < 4.78 is 11.2. The van der Waals surface area contributed by atoms with E-state index in [4.69, 9.17) is 26.8 Å². The van der Waals surface area contributed by atoms with E-state index in [0.29, 0.717) is 59.5 Å². The Kier molecular flexibility index (Phi) is 13.4. The standard InChI is InChI=1S/C33H36ClN5O7S.ClH/c34-28-14-13-27(47-28)32(43)39(29(40)8-4-5-15-36-26(31(35)42)18-22-6-2-1-3-7-22)20-25-19-38(33(44)46-25)24-11-9-23(10-12-24)37-16-17-45-21-30(37)41;/h1-3,6-7,9-14,25-26,36H,4-5,8,15-21H2,(H2,35,42);1H/t25-,26+;/m1./s1. The number of hydrogen-bond donors (Lipinski definition) is 2. The summed E-state index contributed by atoms with van der Waals surface area (Å²) in [6, 6.07) is 19.1. The van der Waals surface area contributed by atoms with Crippen molar-refractivity contribution >= 4 is 76.4 Å². The van der Waals surface area contributed by atoms with Gasteiger partial charge in [-0.15, -0.1) is 23.7 Å². The zero-order valence-corrected chi connectivity index (χ0v) is 28.4. The third kappa shape index (κ3) is 9.54. The molecule has 3 aromatic rings. The highest BCUT2D eigenvalue weighted by molar-refractivity contribution is 7.18. The number of primary amides is 1. The summed E-state index contributed by atoms with van der Waals surface area (Å²) in [5.74, 6) is -1.53. The summed E-state index contributed by atoms with van der Waals surface area (Å²) in [5.41, 5.74) is 7.82. The number of benzene rings is 2. The van der Waals surface area contributed by atoms with Crippen molar-refractivity contribution in [2.45, 2.75) is 37.8 Å². The average molecular weight is 719 g/mol. The molecule has 2 fully saturated rings. The smallest absolute Gasteiger partial charge is 0.414 e. The molecular formula is C33H37Cl2N5O7S. The van der Waals surface area contributed by atoms with Crippen molar-refractivity contribution in [3.63, 3.8) is 0 Å². The molecule has 0 unspecified atom stereocenters. The Morgan fingerprint density at radius 3 is 2.35 bits per heavy atom. The summed E-state index contributed by atoms with van der Waals surface area (Å²) in [7, 11) is 0. The fourth-order valence-electron chi connectivity index (χ4n) is 5.43. The second kappa shape index (κ2) is 17.4. The van der Waals surface area contributed by atoms with Crippen molar-refractivity contribution in [2.24, 2.45) is 5.73 Å². The first-order chi connectivity index (χ1) is 22.7. The van der Waals surface area contributed by atoms with E-state index in [2.05, 4.69) is 5.32 Å². The highest BCUT2D eigenvalue weighted by Crippen LogP contribution is 2.27. The number of imide groups is 1. The van der Waals surface area contributed by atoms with Crippen molar-refractivity contribution in [1.82, 2.24) is 10.2 Å². The number of carbonyl (C=O) groups excluding carboxylic acids is 5. The molecule has 5 rings (SSSR count). The lowest BCUT2D eigenvalue weighted by Gasteiger charge is -2.27. The van der Waals surface area contributed by atoms with Gasteiger partial charge in [0, 0.05) is 24.3 Å². The lowest BCUT2D eigenvalue weighted by molar-refractivity contribution is -0.129. The van der Waals surface area contributed by atoms with Gasteiger partial charge in [0.2, 0.25) is 11.8 Å². The number of halogens is 2. The quantitative estimate of drug-likeness (QED) is 0.237. The summed E-state index contributed by atoms with van der Waals surface area (Å²) in [5, 5.41) is 3.16. The van der Waals surface area contributed by atoms with Crippen molar-refractivity contribution in [2.75, 3.05) is 49.2 Å². The minimum absolute atomic E-state index is 0. The van der Waals surface area contributed by atoms with Crippen LogP contribution in [-0.4, -0.2) is 86.2 Å². The van der Waals surface area contributed by atoms with Crippen LogP contribution in [-0.2, 0) is 30.3 Å². The predicted molar refractivity (Wildman–Crippen MR) is 185 cm³/mol. The van der Waals surface area contributed by atoms with Crippen LogP contribution in [0.15, 0.2) is 66.7 Å². The van der Waals surface area contributed by atoms with E-state index in [1.807, 2.05) is 30.3 Å². The minimum atomic E-state index is -0.762. The van der Waals surface area contributed by atoms with Crippen LogP contribution in [0.5, 0.6) is 0 Å². The number of thiophene rings is 1. The van der Waals surface area contributed by atoms with Gasteiger partial charge in [-0.1, -0.05) is 41.9 Å². The third-order valence-corrected chi connectivity index (χ3v) is 9.10. The van der Waals surface area contributed by atoms with Crippen LogP contribution in [0.25, 0.3) is 0 Å². The van der Waals surface area contributed by atoms with Crippen LogP contribution in [0.3, 0.4) is 0 Å². The van der Waals surface area contributed by atoms with E-state index >= 15 is 0 Å². The van der Waals surface area contributed by atoms with Gasteiger partial charge in [-0.05, 0) is 67.8 Å². The Morgan fingerprint density at radius 1 is 1.00 bits per heavy atom. The summed E-state index contributed by atoms with van der Waals surface area (Å²) in [6.45, 7) is 1.36. The van der Waals surface area contributed by atoms with Crippen LogP contribution in [0.4, 0.5) is 16.2 Å². The first-order valence-electron chi connectivity index (χ1n) is 15.3. The number of unbranched alkanes of at least 4 members (excludes halogenated alkanes) is 1. The molecule has 12 nitrogen and oxygen atoms in total. The minimum Gasteiger partial charge on any atom is -0.442 e. The number of cyclic esters (lactones) is 1. The number of ether oxygens (including phenoxy) is 2. The van der Waals surface area contributed by atoms with Gasteiger partial charge in [0.1, 0.15) is 12.7 Å². The molecule has 0 aliphatic carbocycles. The van der Waals surface area contributed by atoms with Gasteiger partial charge in [-0.3, -0.25) is 29.0 Å². The summed E-state index contributed by atoms with van der Waals surface area (Å²) in [6.07, 6.45) is 0.174. The molecule has 2 atom stereocenters. The van der Waals surface area contributed by atoms with Gasteiger partial charge in [0.05, 0.1) is 35.0 Å². The Morgan fingerprint density at radius 2 is 1.71 bits per heavy atom. The van der Waals surface area contributed by atoms with Crippen molar-refractivity contribution < 1.29 is 33.4 Å². The number of hydrogen-bond acceptors (Lipinski definition) is 9. The fraction of sp³-hybridized carbons (Fsp3) is 0.364. The van der Waals surface area contributed by atoms with Crippen molar-refractivity contribution in [3.05, 3.63) is 81.5 Å². The van der Waals surface area contributed by atoms with Gasteiger partial charge in [0.25, 0.3) is 11.8 Å². The molecule has 3 N–H and O–H groups in total. The predicted octanol–water partition coefficient (Wildman–Crippen LogP) is 4.04. The summed E-state index contributed by atoms with van der Waals surface area (Å²) >= 11 is 7.13. The van der Waals surface area contributed by atoms with Crippen LogP contribution in [0, 0.1) is 0 Å². The molecule has 2 aliphatic rings. The Hall–Kier alpha value is -4.01. The number of rotatable bonds is 14. The topological polar surface area (TPSA) is 152 Å². The summed E-state index contributed by atoms with van der Waals surface area (Å²) in [4.78, 5) is 68.4. The van der Waals surface area contributed by atoms with E-state index < -0.39 is 36.0 Å². The first kappa shape index (κ1) is 36.8. The normalized spacial score (nSPS) is 16.6. The van der Waals surface area contributed by atoms with E-state index in [1.165, 1.54) is 4.90 Å². The van der Waals surface area contributed by atoms with Crippen LogP contribution >= 0.6 is 35.3 Å². The molecule has 256 valence electrons. The number of nitrogens with zero attached hydrogens (tertiary/aromatic N) is 3.